The van der Waals surface area contributed by atoms with Gasteiger partial charge >= 0.3 is 0 Å². The lowest BCUT2D eigenvalue weighted by Gasteiger charge is -2.21. The molecule has 1 heterocycles. The average molecular weight is 238 g/mol. The normalized spacial score (nSPS) is 19.5. The fourth-order valence-corrected chi connectivity index (χ4v) is 2.10. The van der Waals surface area contributed by atoms with Gasteiger partial charge in [-0.15, -0.1) is 0 Å². The van der Waals surface area contributed by atoms with E-state index in [4.69, 9.17) is 20.2 Å². The van der Waals surface area contributed by atoms with Crippen molar-refractivity contribution in [2.24, 2.45) is 5.90 Å². The molecule has 2 rings (SSSR count). The molecule has 1 aromatic carbocycles. The molecule has 0 aliphatic carbocycles. The van der Waals surface area contributed by atoms with Crippen LogP contribution in [0.2, 0.25) is 0 Å². The smallest absolute Gasteiger partial charge is 0.142 e. The molecule has 1 aliphatic rings. The van der Waals surface area contributed by atoms with Crippen LogP contribution in [0.5, 0.6) is 11.5 Å². The van der Waals surface area contributed by atoms with E-state index in [9.17, 15) is 0 Å². The molecule has 1 atom stereocenters. The highest BCUT2D eigenvalue weighted by atomic mass is 16.6. The molecule has 17 heavy (non-hydrogen) atoms. The molecule has 1 aliphatic heterocycles. The molecule has 0 bridgehead atoms. The summed E-state index contributed by atoms with van der Waals surface area (Å²) in [6.45, 7) is 1.69. The number of hydrogen-bond acceptors (Lipinski definition) is 5. The second-order valence-electron chi connectivity index (χ2n) is 4.03. The van der Waals surface area contributed by atoms with Gasteiger partial charge in [0.1, 0.15) is 11.5 Å². The zero-order valence-electron chi connectivity index (χ0n) is 10.2. The van der Waals surface area contributed by atoms with Gasteiger partial charge in [0, 0.05) is 19.2 Å². The molecule has 1 saturated heterocycles. The van der Waals surface area contributed by atoms with Gasteiger partial charge in [0.2, 0.25) is 0 Å². The molecule has 5 nitrogen and oxygen atoms in total. The van der Waals surface area contributed by atoms with Crippen LogP contribution in [0.15, 0.2) is 18.2 Å². The van der Waals surface area contributed by atoms with E-state index in [1.165, 1.54) is 0 Å². The van der Waals surface area contributed by atoms with Crippen LogP contribution in [0.25, 0.3) is 0 Å². The number of nitrogens with two attached hydrogens (primary N) is 1. The van der Waals surface area contributed by atoms with Crippen molar-refractivity contribution in [3.05, 3.63) is 18.2 Å². The topological polar surface area (TPSA) is 57.0 Å². The van der Waals surface area contributed by atoms with Crippen LogP contribution in [0.1, 0.15) is 6.42 Å². The van der Waals surface area contributed by atoms with Crippen molar-refractivity contribution < 1.29 is 14.3 Å². The molecule has 0 saturated carbocycles. The summed E-state index contributed by atoms with van der Waals surface area (Å²) in [4.78, 5) is 7.07. The van der Waals surface area contributed by atoms with E-state index in [1.807, 2.05) is 18.2 Å². The van der Waals surface area contributed by atoms with Crippen molar-refractivity contribution in [3.8, 4) is 11.5 Å². The molecular formula is C12H18N2O3. The number of ether oxygens (including phenoxy) is 2. The first kappa shape index (κ1) is 12.0. The molecule has 0 radical (unpaired) electrons. The zero-order chi connectivity index (χ0) is 12.3. The zero-order valence-corrected chi connectivity index (χ0v) is 10.2. The lowest BCUT2D eigenvalue weighted by atomic mass is 10.2. The number of methoxy groups -OCH3 is 2. The summed E-state index contributed by atoms with van der Waals surface area (Å²) in [6, 6.07) is 5.76. The Morgan fingerprint density at radius 2 is 2.12 bits per heavy atom. The van der Waals surface area contributed by atoms with Gasteiger partial charge in [-0.3, -0.25) is 4.84 Å². The van der Waals surface area contributed by atoms with Gasteiger partial charge in [-0.25, -0.2) is 5.90 Å². The molecule has 1 unspecified atom stereocenters. The van der Waals surface area contributed by atoms with Gasteiger partial charge < -0.3 is 14.4 Å². The lowest BCUT2D eigenvalue weighted by Crippen LogP contribution is -2.24. The highest BCUT2D eigenvalue weighted by molar-refractivity contribution is 5.62. The number of rotatable bonds is 4. The Morgan fingerprint density at radius 3 is 2.71 bits per heavy atom. The largest absolute Gasteiger partial charge is 0.497 e. The summed E-state index contributed by atoms with van der Waals surface area (Å²) >= 11 is 0. The summed E-state index contributed by atoms with van der Waals surface area (Å²) in [7, 11) is 3.32. The first-order chi connectivity index (χ1) is 8.28. The Bertz CT molecular complexity index is 384. The Kier molecular flexibility index (Phi) is 3.71. The minimum atomic E-state index is 0.0888. The van der Waals surface area contributed by atoms with Crippen molar-refractivity contribution in [2.45, 2.75) is 12.5 Å². The molecule has 1 aromatic rings. The number of benzene rings is 1. The minimum Gasteiger partial charge on any atom is -0.497 e. The average Bonchev–Trinajstić information content (AvgIpc) is 2.86. The Balaban J connectivity index is 2.24. The lowest BCUT2D eigenvalue weighted by molar-refractivity contribution is 0.0690. The van der Waals surface area contributed by atoms with E-state index in [0.717, 1.165) is 36.7 Å². The van der Waals surface area contributed by atoms with Crippen molar-refractivity contribution in [2.75, 3.05) is 32.2 Å². The summed E-state index contributed by atoms with van der Waals surface area (Å²) in [5.74, 6) is 6.87. The number of anilines is 1. The van der Waals surface area contributed by atoms with Gasteiger partial charge in [-0.05, 0) is 18.6 Å². The van der Waals surface area contributed by atoms with Gasteiger partial charge in [0.15, 0.2) is 0 Å². The Labute approximate surface area is 101 Å². The van der Waals surface area contributed by atoms with Crippen LogP contribution >= 0.6 is 0 Å². The van der Waals surface area contributed by atoms with Crippen LogP contribution in [0.4, 0.5) is 5.69 Å². The summed E-state index contributed by atoms with van der Waals surface area (Å²) in [5, 5.41) is 0. The highest BCUT2D eigenvalue weighted by Crippen LogP contribution is 2.34. The molecule has 0 spiro atoms. The Hall–Kier alpha value is -1.46. The second-order valence-corrected chi connectivity index (χ2v) is 4.03. The predicted molar refractivity (Wildman–Crippen MR) is 65.4 cm³/mol. The van der Waals surface area contributed by atoms with E-state index in [2.05, 4.69) is 4.90 Å². The van der Waals surface area contributed by atoms with Gasteiger partial charge in [0.25, 0.3) is 0 Å². The van der Waals surface area contributed by atoms with E-state index < -0.39 is 0 Å². The third-order valence-electron chi connectivity index (χ3n) is 3.06. The van der Waals surface area contributed by atoms with Crippen LogP contribution in [-0.2, 0) is 4.84 Å². The molecule has 0 amide bonds. The maximum Gasteiger partial charge on any atom is 0.142 e. The third-order valence-corrected chi connectivity index (χ3v) is 3.06. The first-order valence-corrected chi connectivity index (χ1v) is 5.61. The maximum absolute atomic E-state index is 5.36. The van der Waals surface area contributed by atoms with E-state index in [-0.39, 0.29) is 6.10 Å². The molecule has 1 fully saturated rings. The Morgan fingerprint density at radius 1 is 1.29 bits per heavy atom. The first-order valence-electron chi connectivity index (χ1n) is 5.61. The SMILES string of the molecule is COc1ccc(OC)c(N2CCC(ON)C2)c1. The molecule has 2 N–H and O–H groups in total. The fourth-order valence-electron chi connectivity index (χ4n) is 2.10. The van der Waals surface area contributed by atoms with Gasteiger partial charge in [-0.2, -0.15) is 0 Å². The number of nitrogens with zero attached hydrogens (tertiary/aromatic N) is 1. The van der Waals surface area contributed by atoms with Gasteiger partial charge in [-0.1, -0.05) is 0 Å². The highest BCUT2D eigenvalue weighted by Gasteiger charge is 2.25. The molecule has 94 valence electrons. The summed E-state index contributed by atoms with van der Waals surface area (Å²) in [6.07, 6.45) is 1.02. The van der Waals surface area contributed by atoms with Crippen molar-refractivity contribution in [1.82, 2.24) is 0 Å². The van der Waals surface area contributed by atoms with E-state index >= 15 is 0 Å². The predicted octanol–water partition coefficient (Wildman–Crippen LogP) is 1.17. The molecule has 5 heteroatoms. The van der Waals surface area contributed by atoms with Crippen molar-refractivity contribution in [1.29, 1.82) is 0 Å². The second kappa shape index (κ2) is 5.25. The minimum absolute atomic E-state index is 0.0888. The van der Waals surface area contributed by atoms with Crippen LogP contribution in [0.3, 0.4) is 0 Å². The van der Waals surface area contributed by atoms with Crippen LogP contribution < -0.4 is 20.3 Å². The quantitative estimate of drug-likeness (QED) is 0.798. The fraction of sp³-hybridized carbons (Fsp3) is 0.500. The summed E-state index contributed by atoms with van der Waals surface area (Å²) in [5.41, 5.74) is 1.02. The number of hydrogen-bond donors (Lipinski definition) is 1. The van der Waals surface area contributed by atoms with E-state index in [0.29, 0.717) is 0 Å². The monoisotopic (exact) mass is 238 g/mol. The van der Waals surface area contributed by atoms with Gasteiger partial charge in [0.05, 0.1) is 26.0 Å². The standard InChI is InChI=1S/C12H18N2O3/c1-15-9-3-4-12(16-2)11(7-9)14-6-5-10(8-14)17-13/h3-4,7,10H,5-6,8,13H2,1-2H3. The van der Waals surface area contributed by atoms with Crippen molar-refractivity contribution >= 4 is 5.69 Å². The van der Waals surface area contributed by atoms with Crippen LogP contribution in [0, 0.1) is 0 Å². The maximum atomic E-state index is 5.36. The third kappa shape index (κ3) is 2.45. The molecule has 0 aromatic heterocycles. The summed E-state index contributed by atoms with van der Waals surface area (Å²) < 4.78 is 10.6. The van der Waals surface area contributed by atoms with Crippen molar-refractivity contribution in [3.63, 3.8) is 0 Å². The molecular weight excluding hydrogens is 220 g/mol. The van der Waals surface area contributed by atoms with E-state index in [1.54, 1.807) is 14.2 Å². The van der Waals surface area contributed by atoms with Crippen LogP contribution in [-0.4, -0.2) is 33.4 Å².